The van der Waals surface area contributed by atoms with Gasteiger partial charge in [-0.05, 0) is 53.6 Å². The van der Waals surface area contributed by atoms with Crippen LogP contribution in [0.5, 0.6) is 0 Å². The highest BCUT2D eigenvalue weighted by Gasteiger charge is 2.27. The Labute approximate surface area is 356 Å². The van der Waals surface area contributed by atoms with Crippen molar-refractivity contribution in [3.63, 3.8) is 0 Å². The largest absolute Gasteiger partial charge is 0.368 e. The lowest BCUT2D eigenvalue weighted by atomic mass is 10.1. The fraction of sp³-hybridized carbons (Fsp3) is 0.200. The van der Waals surface area contributed by atoms with Crippen molar-refractivity contribution in [2.45, 2.75) is 22.0 Å². The van der Waals surface area contributed by atoms with Crippen LogP contribution in [0.25, 0.3) is 12.2 Å². The molecule has 2 unspecified atom stereocenters. The summed E-state index contributed by atoms with van der Waals surface area (Å²) in [4.78, 5) is 26.9. The van der Waals surface area contributed by atoms with Crippen molar-refractivity contribution in [3.8, 4) is 0 Å². The second-order valence-corrected chi connectivity index (χ2v) is 16.6. The SMILES string of the molecule is O=S(=O)(O)c1ccc(C=Cc2ccc(Nc3nc(Nc4ccccc4)nc(C4CNCCO4)n3)c(Nc3nc(Nc4ccccc4)nc(C4CNCCO4)n3)c2S(=O)(=O)O)cc1. The van der Waals surface area contributed by atoms with E-state index in [0.29, 0.717) is 56.3 Å². The van der Waals surface area contributed by atoms with Gasteiger partial charge in [-0.3, -0.25) is 9.11 Å². The van der Waals surface area contributed by atoms with E-state index in [4.69, 9.17) is 9.47 Å². The van der Waals surface area contributed by atoms with Crippen LogP contribution < -0.4 is 31.9 Å². The molecule has 0 radical (unpaired) electrons. The average molecular weight is 881 g/mol. The van der Waals surface area contributed by atoms with E-state index in [1.165, 1.54) is 42.5 Å². The van der Waals surface area contributed by atoms with E-state index in [2.05, 4.69) is 61.8 Å². The van der Waals surface area contributed by atoms with Gasteiger partial charge in [-0.15, -0.1) is 0 Å². The van der Waals surface area contributed by atoms with Crippen molar-refractivity contribution < 1.29 is 35.4 Å². The molecule has 0 amide bonds. The maximum atomic E-state index is 13.6. The van der Waals surface area contributed by atoms with Gasteiger partial charge >= 0.3 is 0 Å². The number of anilines is 8. The van der Waals surface area contributed by atoms with E-state index in [0.717, 1.165) is 0 Å². The Bertz CT molecular complexity index is 2780. The molecule has 2 saturated heterocycles. The molecule has 2 aliphatic rings. The molecule has 20 nitrogen and oxygen atoms in total. The molecule has 62 heavy (non-hydrogen) atoms. The van der Waals surface area contributed by atoms with E-state index in [1.54, 1.807) is 6.07 Å². The first-order chi connectivity index (χ1) is 29.9. The predicted molar refractivity (Wildman–Crippen MR) is 230 cm³/mol. The molecule has 2 fully saturated rings. The first-order valence-electron chi connectivity index (χ1n) is 19.2. The van der Waals surface area contributed by atoms with Gasteiger partial charge in [-0.2, -0.15) is 46.7 Å². The smallest absolute Gasteiger partial charge is 0.297 e. The lowest BCUT2D eigenvalue weighted by molar-refractivity contribution is 0.0221. The molecule has 2 aromatic heterocycles. The summed E-state index contributed by atoms with van der Waals surface area (Å²) in [5, 5.41) is 19.0. The Morgan fingerprint density at radius 3 is 1.53 bits per heavy atom. The number of morpholine rings is 2. The molecule has 4 heterocycles. The standard InChI is InChI=1S/C40H40N12O8S2/c53-61(54,55)29-16-12-25(13-17-29)11-14-26-15-18-30(45-39-49-35(31-23-41-19-21-59-31)47-37(51-39)43-27-7-3-1-4-8-27)33(34(26)62(56,57)58)46-40-50-36(32-24-42-20-22-60-32)48-38(52-40)44-28-9-5-2-6-10-28/h1-18,31-32,41-42H,19-24H2,(H,53,54,55)(H,56,57,58)(H2,43,45,47,49,51)(H2,44,46,48,50,52). The first-order valence-corrected chi connectivity index (χ1v) is 22.1. The molecule has 0 bridgehead atoms. The molecule has 2 atom stereocenters. The minimum absolute atomic E-state index is 0.00129. The first kappa shape index (κ1) is 42.2. The van der Waals surface area contributed by atoms with Gasteiger partial charge in [0.1, 0.15) is 17.1 Å². The number of nitrogens with one attached hydrogen (secondary N) is 6. The molecule has 8 rings (SSSR count). The van der Waals surface area contributed by atoms with Crippen molar-refractivity contribution in [2.24, 2.45) is 0 Å². The van der Waals surface area contributed by atoms with Crippen LogP contribution in [0.3, 0.4) is 0 Å². The highest BCUT2D eigenvalue weighted by molar-refractivity contribution is 7.86. The molecule has 320 valence electrons. The number of rotatable bonds is 14. The fourth-order valence-corrected chi connectivity index (χ4v) is 7.80. The van der Waals surface area contributed by atoms with Gasteiger partial charge in [0.2, 0.25) is 23.8 Å². The van der Waals surface area contributed by atoms with Crippen LogP contribution in [0.2, 0.25) is 0 Å². The maximum absolute atomic E-state index is 13.6. The molecule has 4 aromatic carbocycles. The Morgan fingerprint density at radius 1 is 0.565 bits per heavy atom. The number of aromatic nitrogens is 6. The van der Waals surface area contributed by atoms with E-state index in [9.17, 15) is 25.9 Å². The Balaban J connectivity index is 1.25. The third kappa shape index (κ3) is 10.7. The normalized spacial score (nSPS) is 17.1. The number of ether oxygens (including phenoxy) is 2. The van der Waals surface area contributed by atoms with Gasteiger partial charge in [0, 0.05) is 37.6 Å². The molecular formula is C40H40N12O8S2. The van der Waals surface area contributed by atoms with E-state index in [1.807, 2.05) is 60.7 Å². The van der Waals surface area contributed by atoms with Gasteiger partial charge in [-0.1, -0.05) is 66.7 Å². The monoisotopic (exact) mass is 880 g/mol. The van der Waals surface area contributed by atoms with Crippen molar-refractivity contribution in [1.29, 1.82) is 0 Å². The Kier molecular flexibility index (Phi) is 12.7. The Morgan fingerprint density at radius 2 is 1.06 bits per heavy atom. The molecule has 0 aliphatic carbocycles. The highest BCUT2D eigenvalue weighted by atomic mass is 32.2. The van der Waals surface area contributed by atoms with Crippen LogP contribution in [-0.4, -0.2) is 95.2 Å². The quantitative estimate of drug-likeness (QED) is 0.0527. The molecular weight excluding hydrogens is 841 g/mol. The highest BCUT2D eigenvalue weighted by Crippen LogP contribution is 2.38. The summed E-state index contributed by atoms with van der Waals surface area (Å²) in [6.45, 7) is 2.91. The summed E-state index contributed by atoms with van der Waals surface area (Å²) in [6.07, 6.45) is 1.80. The zero-order valence-corrected chi connectivity index (χ0v) is 34.3. The zero-order chi connectivity index (χ0) is 43.1. The predicted octanol–water partition coefficient (Wildman–Crippen LogP) is 5.02. The van der Waals surface area contributed by atoms with Gasteiger partial charge < -0.3 is 41.4 Å². The molecule has 0 spiro atoms. The van der Waals surface area contributed by atoms with Gasteiger partial charge in [0.15, 0.2) is 11.6 Å². The van der Waals surface area contributed by atoms with Crippen LogP contribution in [0.4, 0.5) is 46.5 Å². The van der Waals surface area contributed by atoms with Crippen LogP contribution in [-0.2, 0) is 29.7 Å². The second-order valence-electron chi connectivity index (χ2n) is 13.8. The van der Waals surface area contributed by atoms with Crippen LogP contribution in [0.1, 0.15) is 35.0 Å². The van der Waals surface area contributed by atoms with Crippen LogP contribution >= 0.6 is 0 Å². The number of benzene rings is 4. The Hall–Kier alpha value is -6.50. The number of hydrogen-bond acceptors (Lipinski definition) is 18. The topological polar surface area (TPSA) is 277 Å². The number of hydrogen-bond donors (Lipinski definition) is 8. The third-order valence-electron chi connectivity index (χ3n) is 9.36. The van der Waals surface area contributed by atoms with E-state index < -0.39 is 37.3 Å². The fourth-order valence-electron chi connectivity index (χ4n) is 6.47. The van der Waals surface area contributed by atoms with Crippen LogP contribution in [0.15, 0.2) is 107 Å². The molecule has 8 N–H and O–H groups in total. The summed E-state index contributed by atoms with van der Waals surface area (Å²) in [5.41, 5.74) is 1.70. The maximum Gasteiger partial charge on any atom is 0.297 e. The van der Waals surface area contributed by atoms with Gasteiger partial charge in [-0.25, -0.2) is 0 Å². The van der Waals surface area contributed by atoms with Crippen molar-refractivity contribution in [2.75, 3.05) is 60.7 Å². The van der Waals surface area contributed by atoms with E-state index >= 15 is 0 Å². The third-order valence-corrected chi connectivity index (χ3v) is 11.2. The van der Waals surface area contributed by atoms with E-state index in [-0.39, 0.29) is 57.3 Å². The minimum atomic E-state index is -5.07. The molecule has 6 aromatic rings. The lowest BCUT2D eigenvalue weighted by Gasteiger charge is -2.24. The van der Waals surface area contributed by atoms with Gasteiger partial charge in [0.05, 0.1) is 29.5 Å². The summed E-state index contributed by atoms with van der Waals surface area (Å²) in [6, 6.07) is 26.6. The van der Waals surface area contributed by atoms with Crippen molar-refractivity contribution in [3.05, 3.63) is 120 Å². The lowest BCUT2D eigenvalue weighted by Crippen LogP contribution is -2.34. The van der Waals surface area contributed by atoms with Gasteiger partial charge in [0.25, 0.3) is 20.2 Å². The number of para-hydroxylation sites is 2. The summed E-state index contributed by atoms with van der Waals surface area (Å²) in [7, 11) is -9.52. The zero-order valence-electron chi connectivity index (χ0n) is 32.6. The minimum Gasteiger partial charge on any atom is -0.368 e. The second kappa shape index (κ2) is 18.6. The summed E-state index contributed by atoms with van der Waals surface area (Å²) < 4.78 is 82.7. The average Bonchev–Trinajstić information content (AvgIpc) is 3.27. The number of nitrogens with zero attached hydrogens (tertiary/aromatic N) is 6. The molecule has 2 aliphatic heterocycles. The van der Waals surface area contributed by atoms with Crippen molar-refractivity contribution >= 4 is 78.9 Å². The molecule has 0 saturated carbocycles. The molecule has 22 heteroatoms. The summed E-state index contributed by atoms with van der Waals surface area (Å²) in [5.74, 6) is 0.699. The van der Waals surface area contributed by atoms with Crippen molar-refractivity contribution in [1.82, 2.24) is 40.5 Å². The summed E-state index contributed by atoms with van der Waals surface area (Å²) >= 11 is 0. The van der Waals surface area contributed by atoms with Crippen LogP contribution in [0, 0.1) is 0 Å².